The smallest absolute Gasteiger partial charge is 0.309 e. The monoisotopic (exact) mass is 196 g/mol. The third-order valence-corrected chi connectivity index (χ3v) is 3.37. The molecule has 0 saturated heterocycles. The molecule has 0 spiro atoms. The number of hydrogen-bond acceptors (Lipinski definition) is 1. The number of carboxylic acids is 1. The molecule has 0 aromatic carbocycles. The number of aliphatic carboxylic acids is 1. The van der Waals surface area contributed by atoms with Gasteiger partial charge >= 0.3 is 5.97 Å². The van der Waals surface area contributed by atoms with Crippen LogP contribution >= 0.6 is 0 Å². The summed E-state index contributed by atoms with van der Waals surface area (Å²) in [5, 5.41) is 9.30. The highest BCUT2D eigenvalue weighted by atomic mass is 16.4. The van der Waals surface area contributed by atoms with Crippen molar-refractivity contribution in [2.24, 2.45) is 11.3 Å². The molecule has 80 valence electrons. The van der Waals surface area contributed by atoms with Crippen molar-refractivity contribution in [2.45, 2.75) is 45.4 Å². The van der Waals surface area contributed by atoms with Crippen molar-refractivity contribution >= 4 is 5.97 Å². The van der Waals surface area contributed by atoms with E-state index >= 15 is 0 Å². The van der Waals surface area contributed by atoms with Gasteiger partial charge in [-0.15, -0.1) is 6.58 Å². The van der Waals surface area contributed by atoms with Gasteiger partial charge in [0.2, 0.25) is 0 Å². The third-order valence-electron chi connectivity index (χ3n) is 3.37. The van der Waals surface area contributed by atoms with Gasteiger partial charge in [0.05, 0.1) is 5.41 Å². The summed E-state index contributed by atoms with van der Waals surface area (Å²) in [5.41, 5.74) is -0.453. The summed E-state index contributed by atoms with van der Waals surface area (Å²) in [7, 11) is 0. The maximum absolute atomic E-state index is 11.3. The van der Waals surface area contributed by atoms with Crippen LogP contribution in [-0.4, -0.2) is 11.1 Å². The van der Waals surface area contributed by atoms with Crippen molar-refractivity contribution in [3.05, 3.63) is 12.7 Å². The highest BCUT2D eigenvalue weighted by Gasteiger charge is 2.40. The Kier molecular flexibility index (Phi) is 3.73. The summed E-state index contributed by atoms with van der Waals surface area (Å²) >= 11 is 0. The van der Waals surface area contributed by atoms with Crippen molar-refractivity contribution in [1.29, 1.82) is 0 Å². The molecule has 0 heterocycles. The van der Waals surface area contributed by atoms with Gasteiger partial charge in [0.1, 0.15) is 0 Å². The maximum atomic E-state index is 11.3. The van der Waals surface area contributed by atoms with E-state index in [2.05, 4.69) is 13.5 Å². The number of hydrogen-bond donors (Lipinski definition) is 1. The molecule has 0 aliphatic heterocycles. The van der Waals surface area contributed by atoms with E-state index in [9.17, 15) is 9.90 Å². The fourth-order valence-electron chi connectivity index (χ4n) is 2.57. The van der Waals surface area contributed by atoms with Crippen molar-refractivity contribution in [3.63, 3.8) is 0 Å². The van der Waals surface area contributed by atoms with Gasteiger partial charge in [-0.1, -0.05) is 25.8 Å². The highest BCUT2D eigenvalue weighted by molar-refractivity contribution is 5.74. The zero-order chi connectivity index (χ0) is 10.6. The van der Waals surface area contributed by atoms with Gasteiger partial charge < -0.3 is 5.11 Å². The minimum Gasteiger partial charge on any atom is -0.481 e. The Morgan fingerprint density at radius 3 is 2.93 bits per heavy atom. The molecule has 2 unspecified atom stereocenters. The van der Waals surface area contributed by atoms with Gasteiger partial charge in [-0.05, 0) is 31.6 Å². The Hall–Kier alpha value is -0.790. The first kappa shape index (κ1) is 11.3. The SMILES string of the molecule is C=CCCC1(C(=O)O)CCCC(C)C1. The van der Waals surface area contributed by atoms with Crippen LogP contribution in [0.5, 0.6) is 0 Å². The molecule has 0 aromatic heterocycles. The van der Waals surface area contributed by atoms with Gasteiger partial charge in [0.15, 0.2) is 0 Å². The summed E-state index contributed by atoms with van der Waals surface area (Å²) in [6, 6.07) is 0. The number of carbonyl (C=O) groups is 1. The Morgan fingerprint density at radius 2 is 2.43 bits per heavy atom. The Labute approximate surface area is 86.0 Å². The first-order chi connectivity index (χ1) is 6.60. The lowest BCUT2D eigenvalue weighted by molar-refractivity contribution is -0.152. The van der Waals surface area contributed by atoms with E-state index in [0.717, 1.165) is 32.1 Å². The summed E-state index contributed by atoms with van der Waals surface area (Å²) in [6.07, 6.45) is 7.34. The lowest BCUT2D eigenvalue weighted by atomic mass is 9.68. The molecular formula is C12H20O2. The Bertz CT molecular complexity index is 222. The van der Waals surface area contributed by atoms with E-state index in [-0.39, 0.29) is 0 Å². The standard InChI is InChI=1S/C12H20O2/c1-3-4-7-12(11(13)14)8-5-6-10(2)9-12/h3,10H,1,4-9H2,2H3,(H,13,14). The van der Waals surface area contributed by atoms with Crippen LogP contribution in [0, 0.1) is 11.3 Å². The van der Waals surface area contributed by atoms with Crippen LogP contribution in [0.2, 0.25) is 0 Å². The van der Waals surface area contributed by atoms with Crippen LogP contribution < -0.4 is 0 Å². The number of rotatable bonds is 4. The molecule has 2 atom stereocenters. The zero-order valence-corrected chi connectivity index (χ0v) is 8.96. The van der Waals surface area contributed by atoms with Crippen LogP contribution in [0.3, 0.4) is 0 Å². The molecule has 0 radical (unpaired) electrons. The predicted octanol–water partition coefficient (Wildman–Crippen LogP) is 3.23. The second-order valence-electron chi connectivity index (χ2n) is 4.61. The lowest BCUT2D eigenvalue weighted by Gasteiger charge is -2.36. The van der Waals surface area contributed by atoms with E-state index in [4.69, 9.17) is 0 Å². The summed E-state index contributed by atoms with van der Waals surface area (Å²) in [6.45, 7) is 5.82. The van der Waals surface area contributed by atoms with Gasteiger partial charge in [-0.2, -0.15) is 0 Å². The summed E-state index contributed by atoms with van der Waals surface area (Å²) in [4.78, 5) is 11.3. The quantitative estimate of drug-likeness (QED) is 0.701. The second kappa shape index (κ2) is 4.63. The molecule has 1 fully saturated rings. The molecule has 1 aliphatic rings. The summed E-state index contributed by atoms with van der Waals surface area (Å²) < 4.78 is 0. The van der Waals surface area contributed by atoms with Crippen LogP contribution in [-0.2, 0) is 4.79 Å². The van der Waals surface area contributed by atoms with Gasteiger partial charge in [-0.25, -0.2) is 0 Å². The molecular weight excluding hydrogens is 176 g/mol. The first-order valence-electron chi connectivity index (χ1n) is 5.45. The van der Waals surface area contributed by atoms with E-state index in [1.165, 1.54) is 6.42 Å². The molecule has 2 heteroatoms. The molecule has 1 aliphatic carbocycles. The fraction of sp³-hybridized carbons (Fsp3) is 0.750. The molecule has 0 amide bonds. The largest absolute Gasteiger partial charge is 0.481 e. The normalized spacial score (nSPS) is 32.5. The Balaban J connectivity index is 2.69. The van der Waals surface area contributed by atoms with Crippen molar-refractivity contribution in [1.82, 2.24) is 0 Å². The molecule has 2 nitrogen and oxygen atoms in total. The van der Waals surface area contributed by atoms with Crippen molar-refractivity contribution in [2.75, 3.05) is 0 Å². The Morgan fingerprint density at radius 1 is 1.71 bits per heavy atom. The average molecular weight is 196 g/mol. The second-order valence-corrected chi connectivity index (χ2v) is 4.61. The molecule has 1 rings (SSSR count). The van der Waals surface area contributed by atoms with Crippen LogP contribution in [0.15, 0.2) is 12.7 Å². The maximum Gasteiger partial charge on any atom is 0.309 e. The van der Waals surface area contributed by atoms with Gasteiger partial charge in [-0.3, -0.25) is 4.79 Å². The van der Waals surface area contributed by atoms with Gasteiger partial charge in [0.25, 0.3) is 0 Å². The lowest BCUT2D eigenvalue weighted by Crippen LogP contribution is -2.35. The van der Waals surface area contributed by atoms with Crippen molar-refractivity contribution in [3.8, 4) is 0 Å². The highest BCUT2D eigenvalue weighted by Crippen LogP contribution is 2.43. The first-order valence-corrected chi connectivity index (χ1v) is 5.45. The van der Waals surface area contributed by atoms with Crippen molar-refractivity contribution < 1.29 is 9.90 Å². The van der Waals surface area contributed by atoms with Crippen LogP contribution in [0.1, 0.15) is 45.4 Å². The van der Waals surface area contributed by atoms with Gasteiger partial charge in [0, 0.05) is 0 Å². The molecule has 1 saturated carbocycles. The number of carboxylic acid groups (broad SMARTS) is 1. The van der Waals surface area contributed by atoms with Crippen LogP contribution in [0.25, 0.3) is 0 Å². The zero-order valence-electron chi connectivity index (χ0n) is 8.96. The van der Waals surface area contributed by atoms with E-state index in [0.29, 0.717) is 5.92 Å². The predicted molar refractivity (Wildman–Crippen MR) is 57.1 cm³/mol. The molecule has 0 bridgehead atoms. The number of allylic oxidation sites excluding steroid dienone is 1. The average Bonchev–Trinajstić information content (AvgIpc) is 2.14. The topological polar surface area (TPSA) is 37.3 Å². The minimum atomic E-state index is -0.606. The van der Waals surface area contributed by atoms with Crippen LogP contribution in [0.4, 0.5) is 0 Å². The molecule has 0 aromatic rings. The van der Waals surface area contributed by atoms with E-state index < -0.39 is 11.4 Å². The van der Waals surface area contributed by atoms with E-state index in [1.807, 2.05) is 6.08 Å². The molecule has 1 N–H and O–H groups in total. The fourth-order valence-corrected chi connectivity index (χ4v) is 2.57. The van der Waals surface area contributed by atoms with E-state index in [1.54, 1.807) is 0 Å². The minimum absolute atomic E-state index is 0.453. The summed E-state index contributed by atoms with van der Waals surface area (Å²) in [5.74, 6) is -0.0458. The third kappa shape index (κ3) is 2.37. The molecule has 14 heavy (non-hydrogen) atoms.